The molecule has 0 aliphatic carbocycles. The third-order valence-electron chi connectivity index (χ3n) is 2.71. The maximum Gasteiger partial charge on any atom is 0.441 e. The van der Waals surface area contributed by atoms with Crippen LogP contribution in [-0.4, -0.2) is 16.9 Å². The van der Waals surface area contributed by atoms with Crippen molar-refractivity contribution >= 4 is 5.69 Å². The van der Waals surface area contributed by atoms with Crippen LogP contribution in [0.5, 0.6) is 5.75 Å². The molecule has 2 rings (SSSR count). The summed E-state index contributed by atoms with van der Waals surface area (Å²) < 4.78 is 6.68. The molecule has 1 aromatic heterocycles. The van der Waals surface area contributed by atoms with Gasteiger partial charge in [-0.25, -0.2) is 0 Å². The van der Waals surface area contributed by atoms with Crippen molar-refractivity contribution in [3.05, 3.63) is 46.2 Å². The molecular weight excluding hydrogens is 276 g/mol. The standard InChI is InChI=1S/C14H13N4O.ClH/c1-10-14(16-15)13(18(2)17-10)9-6-11-4-7-12(19-3)8-5-11;/h4-5,7-8H,1-3H3;1H/q+1;/p-1. The molecule has 5 nitrogen and oxygen atoms in total. The van der Waals surface area contributed by atoms with Gasteiger partial charge in [0.15, 0.2) is 10.7 Å². The SMILES string of the molecule is COc1ccc(C#Cc2c([N+]#N)c(C)nn2C)cc1.[Cl-]. The molecule has 0 aliphatic rings. The van der Waals surface area contributed by atoms with E-state index in [2.05, 4.69) is 21.9 Å². The molecule has 0 saturated carbocycles. The molecule has 6 heteroatoms. The van der Waals surface area contributed by atoms with Gasteiger partial charge in [-0.05, 0) is 37.1 Å². The molecule has 102 valence electrons. The normalized spacial score (nSPS) is 8.90. The summed E-state index contributed by atoms with van der Waals surface area (Å²) in [6.45, 7) is 1.77. The Hall–Kier alpha value is -2.50. The van der Waals surface area contributed by atoms with Crippen molar-refractivity contribution in [2.24, 2.45) is 7.05 Å². The predicted molar refractivity (Wildman–Crippen MR) is 71.7 cm³/mol. The number of halogens is 1. The fourth-order valence-corrected chi connectivity index (χ4v) is 1.71. The van der Waals surface area contributed by atoms with Gasteiger partial charge in [0.05, 0.1) is 7.11 Å². The Kier molecular flexibility index (Phi) is 5.14. The van der Waals surface area contributed by atoms with E-state index in [0.29, 0.717) is 17.1 Å². The summed E-state index contributed by atoms with van der Waals surface area (Å²) in [6.07, 6.45) is 0. The van der Waals surface area contributed by atoms with E-state index in [4.69, 9.17) is 10.1 Å². The highest BCUT2D eigenvalue weighted by atomic mass is 35.5. The van der Waals surface area contributed by atoms with E-state index in [-0.39, 0.29) is 12.4 Å². The van der Waals surface area contributed by atoms with E-state index in [1.54, 1.807) is 25.8 Å². The summed E-state index contributed by atoms with van der Waals surface area (Å²) >= 11 is 0. The third kappa shape index (κ3) is 3.09. The summed E-state index contributed by atoms with van der Waals surface area (Å²) in [5.41, 5.74) is 2.48. The van der Waals surface area contributed by atoms with Crippen molar-refractivity contribution in [1.29, 1.82) is 5.39 Å². The minimum Gasteiger partial charge on any atom is -1.00 e. The average molecular weight is 289 g/mol. The van der Waals surface area contributed by atoms with Crippen molar-refractivity contribution in [2.45, 2.75) is 6.92 Å². The Morgan fingerprint density at radius 1 is 1.25 bits per heavy atom. The molecule has 0 bridgehead atoms. The number of rotatable bonds is 1. The first-order valence-electron chi connectivity index (χ1n) is 5.70. The van der Waals surface area contributed by atoms with Crippen molar-refractivity contribution < 1.29 is 17.1 Å². The van der Waals surface area contributed by atoms with Crippen LogP contribution in [0, 0.1) is 24.2 Å². The van der Waals surface area contributed by atoms with Gasteiger partial charge in [-0.1, -0.05) is 5.92 Å². The lowest BCUT2D eigenvalue weighted by molar-refractivity contribution is -0.00000460. The number of aryl methyl sites for hydroxylation is 2. The van der Waals surface area contributed by atoms with E-state index in [9.17, 15) is 0 Å². The van der Waals surface area contributed by atoms with Crippen LogP contribution in [0.25, 0.3) is 4.98 Å². The first-order valence-corrected chi connectivity index (χ1v) is 5.70. The van der Waals surface area contributed by atoms with E-state index in [0.717, 1.165) is 11.3 Å². The zero-order valence-electron chi connectivity index (χ0n) is 11.4. The molecule has 0 saturated heterocycles. The van der Waals surface area contributed by atoms with Gasteiger partial charge in [0.1, 0.15) is 5.75 Å². The first kappa shape index (κ1) is 15.6. The number of aromatic nitrogens is 2. The van der Waals surface area contributed by atoms with Gasteiger partial charge in [0.2, 0.25) is 11.1 Å². The second kappa shape index (κ2) is 6.60. The number of nitrogens with zero attached hydrogens (tertiary/aromatic N) is 4. The number of diazo groups is 1. The van der Waals surface area contributed by atoms with Gasteiger partial charge in [0, 0.05) is 12.6 Å². The van der Waals surface area contributed by atoms with Gasteiger partial charge in [-0.3, -0.25) is 4.68 Å². The van der Waals surface area contributed by atoms with Crippen molar-refractivity contribution in [2.75, 3.05) is 7.11 Å². The lowest BCUT2D eigenvalue weighted by atomic mass is 10.2. The topological polar surface area (TPSA) is 55.2 Å². The largest absolute Gasteiger partial charge is 1.00 e. The number of hydrogen-bond acceptors (Lipinski definition) is 3. The molecule has 0 unspecified atom stereocenters. The lowest BCUT2D eigenvalue weighted by Crippen LogP contribution is -3.00. The average Bonchev–Trinajstić information content (AvgIpc) is 2.70. The maximum absolute atomic E-state index is 8.97. The van der Waals surface area contributed by atoms with Crippen LogP contribution in [0.2, 0.25) is 0 Å². The Morgan fingerprint density at radius 2 is 1.90 bits per heavy atom. The maximum atomic E-state index is 8.97. The molecule has 1 heterocycles. The summed E-state index contributed by atoms with van der Waals surface area (Å²) in [4.78, 5) is 3.22. The molecule has 0 amide bonds. The Balaban J connectivity index is 0.00000200. The Labute approximate surface area is 123 Å². The minimum absolute atomic E-state index is 0. The second-order valence-corrected chi connectivity index (χ2v) is 3.98. The van der Waals surface area contributed by atoms with Gasteiger partial charge in [-0.15, -0.1) is 0 Å². The zero-order chi connectivity index (χ0) is 13.8. The summed E-state index contributed by atoms with van der Waals surface area (Å²) in [5, 5.41) is 13.1. The van der Waals surface area contributed by atoms with Crippen LogP contribution in [0.3, 0.4) is 0 Å². The summed E-state index contributed by atoms with van der Waals surface area (Å²) in [7, 11) is 3.38. The third-order valence-corrected chi connectivity index (χ3v) is 2.71. The molecule has 2 aromatic rings. The fraction of sp³-hybridized carbons (Fsp3) is 0.214. The number of methoxy groups -OCH3 is 1. The van der Waals surface area contributed by atoms with E-state index >= 15 is 0 Å². The lowest BCUT2D eigenvalue weighted by Gasteiger charge is -1.97. The smallest absolute Gasteiger partial charge is 0.441 e. The quantitative estimate of drug-likeness (QED) is 0.531. The fourth-order valence-electron chi connectivity index (χ4n) is 1.71. The van der Waals surface area contributed by atoms with Crippen LogP contribution >= 0.6 is 0 Å². The second-order valence-electron chi connectivity index (χ2n) is 3.98. The molecule has 0 radical (unpaired) electrons. The summed E-state index contributed by atoms with van der Waals surface area (Å²) in [5.74, 6) is 6.75. The van der Waals surface area contributed by atoms with Crippen molar-refractivity contribution in [1.82, 2.24) is 9.78 Å². The molecule has 0 N–H and O–H groups in total. The van der Waals surface area contributed by atoms with Gasteiger partial charge < -0.3 is 17.1 Å². The van der Waals surface area contributed by atoms with E-state index < -0.39 is 0 Å². The number of benzene rings is 1. The van der Waals surface area contributed by atoms with Gasteiger partial charge in [-0.2, -0.15) is 5.10 Å². The van der Waals surface area contributed by atoms with Crippen LogP contribution < -0.4 is 17.1 Å². The van der Waals surface area contributed by atoms with Crippen LogP contribution in [0.4, 0.5) is 5.69 Å². The van der Waals surface area contributed by atoms with Crippen LogP contribution in [0.15, 0.2) is 24.3 Å². The van der Waals surface area contributed by atoms with Gasteiger partial charge in [0.25, 0.3) is 0 Å². The Bertz CT molecular complexity index is 702. The van der Waals surface area contributed by atoms with Gasteiger partial charge >= 0.3 is 5.69 Å². The molecule has 0 aliphatic heterocycles. The molecule has 1 aromatic carbocycles. The molecular formula is C14H13ClN4O. The molecule has 0 atom stereocenters. The molecule has 0 spiro atoms. The van der Waals surface area contributed by atoms with Crippen LogP contribution in [0.1, 0.15) is 17.0 Å². The zero-order valence-corrected chi connectivity index (χ0v) is 12.1. The summed E-state index contributed by atoms with van der Waals surface area (Å²) in [6, 6.07) is 7.42. The highest BCUT2D eigenvalue weighted by Gasteiger charge is 2.22. The van der Waals surface area contributed by atoms with Crippen LogP contribution in [-0.2, 0) is 7.05 Å². The van der Waals surface area contributed by atoms with E-state index in [1.807, 2.05) is 24.3 Å². The molecule has 0 fully saturated rings. The number of ether oxygens (including phenoxy) is 1. The van der Waals surface area contributed by atoms with Crippen molar-refractivity contribution in [3.63, 3.8) is 0 Å². The first-order chi connectivity index (χ1) is 9.15. The molecule has 20 heavy (non-hydrogen) atoms. The minimum atomic E-state index is 0. The Morgan fingerprint density at radius 3 is 2.45 bits per heavy atom. The highest BCUT2D eigenvalue weighted by molar-refractivity contribution is 5.60. The highest BCUT2D eigenvalue weighted by Crippen LogP contribution is 2.22. The predicted octanol–water partition coefficient (Wildman–Crippen LogP) is -0.375. The van der Waals surface area contributed by atoms with E-state index in [1.165, 1.54) is 0 Å². The van der Waals surface area contributed by atoms with Crippen molar-refractivity contribution in [3.8, 4) is 17.6 Å². The number of hydrogen-bond donors (Lipinski definition) is 0. The monoisotopic (exact) mass is 288 g/mol.